The van der Waals surface area contributed by atoms with Gasteiger partial charge < -0.3 is 5.11 Å². The van der Waals surface area contributed by atoms with Gasteiger partial charge in [-0.2, -0.15) is 0 Å². The molecule has 1 N–H and O–H groups in total. The molecule has 108 valence electrons. The van der Waals surface area contributed by atoms with E-state index in [0.717, 1.165) is 27.8 Å². The van der Waals surface area contributed by atoms with E-state index in [1.54, 1.807) is 12.4 Å². The molecule has 0 fully saturated rings. The van der Waals surface area contributed by atoms with E-state index in [9.17, 15) is 9.90 Å². The van der Waals surface area contributed by atoms with E-state index in [2.05, 4.69) is 25.9 Å². The van der Waals surface area contributed by atoms with Crippen LogP contribution < -0.4 is 0 Å². The van der Waals surface area contributed by atoms with Crippen molar-refractivity contribution in [2.75, 3.05) is 6.54 Å². The third kappa shape index (κ3) is 2.96. The number of aliphatic carboxylic acids is 1. The summed E-state index contributed by atoms with van der Waals surface area (Å²) in [4.78, 5) is 22.3. The minimum atomic E-state index is -0.847. The Balaban J connectivity index is 1.91. The fraction of sp³-hybridized carbons (Fsp3) is 0.267. The van der Waals surface area contributed by atoms with Crippen molar-refractivity contribution in [1.82, 2.24) is 14.9 Å². The zero-order chi connectivity index (χ0) is 14.8. The van der Waals surface area contributed by atoms with E-state index in [1.807, 2.05) is 29.2 Å². The smallest absolute Gasteiger partial charge is 0.325 e. The van der Waals surface area contributed by atoms with Crippen LogP contribution in [0.15, 0.2) is 41.1 Å². The van der Waals surface area contributed by atoms with Gasteiger partial charge in [-0.15, -0.1) is 0 Å². The van der Waals surface area contributed by atoms with Gasteiger partial charge in [-0.25, -0.2) is 0 Å². The van der Waals surface area contributed by atoms with Gasteiger partial charge in [-0.3, -0.25) is 19.7 Å². The topological polar surface area (TPSA) is 66.3 Å². The number of nitrogens with zero attached hydrogens (tertiary/aromatic N) is 3. The molecule has 2 heterocycles. The number of halogens is 1. The SMILES string of the molecule is O=C(O)C(c1cccc(Br)c1)N1CCc2nccnc2C1. The molecule has 0 aliphatic carbocycles. The third-order valence-corrected chi connectivity index (χ3v) is 4.11. The summed E-state index contributed by atoms with van der Waals surface area (Å²) in [6, 6.07) is 6.77. The van der Waals surface area contributed by atoms with Gasteiger partial charge >= 0.3 is 5.97 Å². The number of rotatable bonds is 3. The van der Waals surface area contributed by atoms with Gasteiger partial charge in [0.15, 0.2) is 0 Å². The van der Waals surface area contributed by atoms with Crippen LogP contribution in [-0.2, 0) is 17.8 Å². The summed E-state index contributed by atoms with van der Waals surface area (Å²) >= 11 is 3.40. The average molecular weight is 348 g/mol. The number of hydrogen-bond acceptors (Lipinski definition) is 4. The molecular formula is C15H14BrN3O2. The number of hydrogen-bond donors (Lipinski definition) is 1. The van der Waals surface area contributed by atoms with Gasteiger partial charge in [-0.05, 0) is 17.7 Å². The first-order valence-electron chi connectivity index (χ1n) is 6.66. The number of aromatic nitrogens is 2. The second-order valence-corrected chi connectivity index (χ2v) is 5.88. The van der Waals surface area contributed by atoms with Crippen molar-refractivity contribution in [1.29, 1.82) is 0 Å². The fourth-order valence-corrected chi connectivity index (χ4v) is 3.08. The molecular weight excluding hydrogens is 334 g/mol. The summed E-state index contributed by atoms with van der Waals surface area (Å²) < 4.78 is 0.878. The van der Waals surface area contributed by atoms with Crippen molar-refractivity contribution in [2.24, 2.45) is 0 Å². The largest absolute Gasteiger partial charge is 0.480 e. The highest BCUT2D eigenvalue weighted by Gasteiger charge is 2.31. The molecule has 0 amide bonds. The molecule has 0 bridgehead atoms. The lowest BCUT2D eigenvalue weighted by Crippen LogP contribution is -2.38. The molecule has 1 atom stereocenters. The predicted octanol–water partition coefficient (Wildman–Crippen LogP) is 2.42. The van der Waals surface area contributed by atoms with Crippen molar-refractivity contribution in [3.63, 3.8) is 0 Å². The Morgan fingerprint density at radius 2 is 2.05 bits per heavy atom. The molecule has 3 rings (SSSR count). The van der Waals surface area contributed by atoms with E-state index in [1.165, 1.54) is 0 Å². The molecule has 0 spiro atoms. The first-order valence-corrected chi connectivity index (χ1v) is 7.45. The first-order chi connectivity index (χ1) is 10.1. The van der Waals surface area contributed by atoms with Crippen LogP contribution in [0.3, 0.4) is 0 Å². The molecule has 1 aromatic heterocycles. The summed E-state index contributed by atoms with van der Waals surface area (Å²) in [5.41, 5.74) is 2.60. The number of carboxylic acids is 1. The summed E-state index contributed by atoms with van der Waals surface area (Å²) in [6.07, 6.45) is 4.05. The molecule has 6 heteroatoms. The lowest BCUT2D eigenvalue weighted by molar-refractivity contribution is -0.144. The maximum Gasteiger partial charge on any atom is 0.325 e. The highest BCUT2D eigenvalue weighted by molar-refractivity contribution is 9.10. The number of carboxylic acid groups (broad SMARTS) is 1. The molecule has 0 radical (unpaired) electrons. The fourth-order valence-electron chi connectivity index (χ4n) is 2.66. The minimum absolute atomic E-state index is 0.507. The first kappa shape index (κ1) is 14.2. The van der Waals surface area contributed by atoms with Crippen LogP contribution in [-0.4, -0.2) is 32.5 Å². The van der Waals surface area contributed by atoms with Crippen LogP contribution in [0.1, 0.15) is 23.0 Å². The van der Waals surface area contributed by atoms with E-state index in [-0.39, 0.29) is 0 Å². The number of carbonyl (C=O) groups is 1. The van der Waals surface area contributed by atoms with Crippen LogP contribution in [0.2, 0.25) is 0 Å². The maximum absolute atomic E-state index is 11.7. The highest BCUT2D eigenvalue weighted by Crippen LogP contribution is 2.28. The lowest BCUT2D eigenvalue weighted by Gasteiger charge is -2.32. The van der Waals surface area contributed by atoms with Crippen molar-refractivity contribution in [2.45, 2.75) is 19.0 Å². The Kier molecular flexibility index (Phi) is 3.98. The Hall–Kier alpha value is -1.79. The van der Waals surface area contributed by atoms with Gasteiger partial charge in [0.1, 0.15) is 6.04 Å². The number of fused-ring (bicyclic) bond motifs is 1. The monoisotopic (exact) mass is 347 g/mol. The number of benzene rings is 1. The summed E-state index contributed by atoms with van der Waals surface area (Å²) in [6.45, 7) is 1.17. The zero-order valence-electron chi connectivity index (χ0n) is 11.2. The Labute approximate surface area is 130 Å². The van der Waals surface area contributed by atoms with Crippen molar-refractivity contribution in [3.05, 3.63) is 58.1 Å². The van der Waals surface area contributed by atoms with Crippen LogP contribution >= 0.6 is 15.9 Å². The quantitative estimate of drug-likeness (QED) is 0.923. The molecule has 1 aromatic carbocycles. The average Bonchev–Trinajstić information content (AvgIpc) is 2.47. The molecule has 1 aliphatic heterocycles. The Morgan fingerprint density at radius 3 is 2.76 bits per heavy atom. The summed E-state index contributed by atoms with van der Waals surface area (Å²) in [7, 11) is 0. The predicted molar refractivity (Wildman–Crippen MR) is 80.7 cm³/mol. The Bertz CT molecular complexity index is 677. The van der Waals surface area contributed by atoms with E-state index in [0.29, 0.717) is 13.1 Å². The van der Waals surface area contributed by atoms with Gasteiger partial charge in [-0.1, -0.05) is 28.1 Å². The van der Waals surface area contributed by atoms with Gasteiger partial charge in [0.05, 0.1) is 11.4 Å². The third-order valence-electron chi connectivity index (χ3n) is 3.61. The van der Waals surface area contributed by atoms with Crippen LogP contribution in [0.4, 0.5) is 0 Å². The molecule has 0 saturated carbocycles. The van der Waals surface area contributed by atoms with Gasteiger partial charge in [0, 0.05) is 36.4 Å². The lowest BCUT2D eigenvalue weighted by atomic mass is 10.0. The molecule has 1 unspecified atom stereocenters. The van der Waals surface area contributed by atoms with Gasteiger partial charge in [0.25, 0.3) is 0 Å². The second-order valence-electron chi connectivity index (χ2n) is 4.97. The summed E-state index contributed by atoms with van der Waals surface area (Å²) in [5, 5.41) is 9.62. The molecule has 1 aliphatic rings. The Morgan fingerprint density at radius 1 is 1.29 bits per heavy atom. The van der Waals surface area contributed by atoms with Crippen LogP contribution in [0.5, 0.6) is 0 Å². The van der Waals surface area contributed by atoms with Crippen molar-refractivity contribution in [3.8, 4) is 0 Å². The van der Waals surface area contributed by atoms with E-state index in [4.69, 9.17) is 0 Å². The highest BCUT2D eigenvalue weighted by atomic mass is 79.9. The van der Waals surface area contributed by atoms with Crippen molar-refractivity contribution < 1.29 is 9.90 Å². The van der Waals surface area contributed by atoms with Crippen molar-refractivity contribution >= 4 is 21.9 Å². The second kappa shape index (κ2) is 5.91. The van der Waals surface area contributed by atoms with Crippen LogP contribution in [0, 0.1) is 0 Å². The zero-order valence-corrected chi connectivity index (χ0v) is 12.8. The normalized spacial score (nSPS) is 16.2. The summed E-state index contributed by atoms with van der Waals surface area (Å²) in [5.74, 6) is -0.847. The maximum atomic E-state index is 11.7. The molecule has 0 saturated heterocycles. The van der Waals surface area contributed by atoms with E-state index >= 15 is 0 Å². The standard InChI is InChI=1S/C15H14BrN3O2/c16-11-3-1-2-10(8-11)14(15(20)21)19-7-4-12-13(9-19)18-6-5-17-12/h1-3,5-6,8,14H,4,7,9H2,(H,20,21). The molecule has 2 aromatic rings. The minimum Gasteiger partial charge on any atom is -0.480 e. The molecule has 21 heavy (non-hydrogen) atoms. The van der Waals surface area contributed by atoms with E-state index < -0.39 is 12.0 Å². The van der Waals surface area contributed by atoms with Crippen LogP contribution in [0.25, 0.3) is 0 Å². The molecule has 5 nitrogen and oxygen atoms in total. The van der Waals surface area contributed by atoms with Gasteiger partial charge in [0.2, 0.25) is 0 Å².